The number of hydrogen-bond donors (Lipinski definition) is 1. The number of rotatable bonds is 8. The number of hydrogen-bond acceptors (Lipinski definition) is 5. The van der Waals surface area contributed by atoms with E-state index in [2.05, 4.69) is 5.32 Å². The zero-order valence-electron chi connectivity index (χ0n) is 18.2. The van der Waals surface area contributed by atoms with Crippen molar-refractivity contribution in [3.05, 3.63) is 30.3 Å². The van der Waals surface area contributed by atoms with E-state index in [1.807, 2.05) is 0 Å². The van der Waals surface area contributed by atoms with Gasteiger partial charge in [0.2, 0.25) is 21.8 Å². The summed E-state index contributed by atoms with van der Waals surface area (Å²) < 4.78 is 32.3. The van der Waals surface area contributed by atoms with Gasteiger partial charge in [-0.3, -0.25) is 9.59 Å². The zero-order chi connectivity index (χ0) is 22.3. The molecule has 9 heteroatoms. The van der Waals surface area contributed by atoms with Gasteiger partial charge < -0.3 is 15.0 Å². The van der Waals surface area contributed by atoms with E-state index in [1.165, 1.54) is 4.31 Å². The molecule has 1 aromatic rings. The third kappa shape index (κ3) is 6.05. The van der Waals surface area contributed by atoms with E-state index in [4.69, 9.17) is 4.74 Å². The first-order chi connectivity index (χ1) is 14.9. The van der Waals surface area contributed by atoms with Crippen molar-refractivity contribution in [1.82, 2.24) is 14.5 Å². The molecule has 0 bridgehead atoms. The Morgan fingerprint density at radius 3 is 2.45 bits per heavy atom. The maximum Gasteiger partial charge on any atom is 0.243 e. The molecule has 2 saturated heterocycles. The average Bonchev–Trinajstić information content (AvgIpc) is 2.82. The summed E-state index contributed by atoms with van der Waals surface area (Å²) in [6, 6.07) is 8.37. The van der Waals surface area contributed by atoms with E-state index in [0.29, 0.717) is 58.5 Å². The second-order valence-electron chi connectivity index (χ2n) is 8.25. The highest BCUT2D eigenvalue weighted by Gasteiger charge is 2.36. The number of carbonyl (C=O) groups excluding carboxylic acids is 2. The second kappa shape index (κ2) is 11.1. The van der Waals surface area contributed by atoms with Gasteiger partial charge in [-0.25, -0.2) is 8.42 Å². The summed E-state index contributed by atoms with van der Waals surface area (Å²) in [4.78, 5) is 27.4. The molecule has 0 saturated carbocycles. The van der Waals surface area contributed by atoms with E-state index < -0.39 is 10.0 Å². The van der Waals surface area contributed by atoms with Crippen molar-refractivity contribution >= 4 is 21.8 Å². The van der Waals surface area contributed by atoms with Crippen LogP contribution in [0.15, 0.2) is 35.2 Å². The number of ether oxygens (including phenoxy) is 1. The first-order valence-corrected chi connectivity index (χ1v) is 12.5. The molecule has 2 amide bonds. The summed E-state index contributed by atoms with van der Waals surface area (Å²) in [5.74, 6) is -0.354. The van der Waals surface area contributed by atoms with Crippen molar-refractivity contribution < 1.29 is 22.7 Å². The molecule has 2 fully saturated rings. The molecule has 8 nitrogen and oxygen atoms in total. The lowest BCUT2D eigenvalue weighted by Crippen LogP contribution is -2.49. The van der Waals surface area contributed by atoms with Crippen LogP contribution in [0.4, 0.5) is 0 Å². The molecule has 0 spiro atoms. The molecule has 1 atom stereocenters. The zero-order valence-corrected chi connectivity index (χ0v) is 19.0. The van der Waals surface area contributed by atoms with Crippen LogP contribution in [0.25, 0.3) is 0 Å². The van der Waals surface area contributed by atoms with Gasteiger partial charge in [0.1, 0.15) is 0 Å². The van der Waals surface area contributed by atoms with Crippen LogP contribution in [0.1, 0.15) is 32.1 Å². The topological polar surface area (TPSA) is 96.0 Å². The molecule has 3 rings (SSSR count). The second-order valence-corrected chi connectivity index (χ2v) is 10.2. The molecule has 1 aromatic carbocycles. The summed E-state index contributed by atoms with van der Waals surface area (Å²) in [5, 5.41) is 2.94. The van der Waals surface area contributed by atoms with Crippen LogP contribution >= 0.6 is 0 Å². The number of nitrogens with one attached hydrogen (secondary N) is 1. The first kappa shape index (κ1) is 23.7. The minimum atomic E-state index is -3.59. The van der Waals surface area contributed by atoms with Gasteiger partial charge in [-0.05, 0) is 44.2 Å². The molecule has 1 unspecified atom stereocenters. The molecular weight excluding hydrogens is 418 g/mol. The molecule has 0 radical (unpaired) electrons. The van der Waals surface area contributed by atoms with Gasteiger partial charge in [0, 0.05) is 52.4 Å². The normalized spacial score (nSPS) is 21.1. The Morgan fingerprint density at radius 1 is 1.06 bits per heavy atom. The molecule has 2 aliphatic heterocycles. The Kier molecular flexibility index (Phi) is 8.45. The molecule has 172 valence electrons. The summed E-state index contributed by atoms with van der Waals surface area (Å²) in [6.07, 6.45) is 3.42. The van der Waals surface area contributed by atoms with E-state index in [0.717, 1.165) is 6.42 Å². The fourth-order valence-electron chi connectivity index (χ4n) is 4.30. The Balaban J connectivity index is 1.51. The minimum absolute atomic E-state index is 0.00640. The number of piperidine rings is 2. The number of methoxy groups -OCH3 is 1. The van der Waals surface area contributed by atoms with E-state index >= 15 is 0 Å². The summed E-state index contributed by atoms with van der Waals surface area (Å²) >= 11 is 0. The van der Waals surface area contributed by atoms with Gasteiger partial charge in [0.15, 0.2) is 0 Å². The van der Waals surface area contributed by atoms with Gasteiger partial charge in [0.25, 0.3) is 0 Å². The third-order valence-electron chi connectivity index (χ3n) is 6.12. The molecule has 31 heavy (non-hydrogen) atoms. The fraction of sp³-hybridized carbons (Fsp3) is 0.636. The lowest BCUT2D eigenvalue weighted by Gasteiger charge is -2.37. The number of likely N-dealkylation sites (tertiary alicyclic amines) is 1. The predicted octanol–water partition coefficient (Wildman–Crippen LogP) is 1.48. The monoisotopic (exact) mass is 451 g/mol. The number of amides is 2. The number of carbonyl (C=O) groups is 2. The Hall–Kier alpha value is -1.97. The van der Waals surface area contributed by atoms with Crippen LogP contribution in [0.5, 0.6) is 0 Å². The summed E-state index contributed by atoms with van der Waals surface area (Å²) in [5.41, 5.74) is 0. The van der Waals surface area contributed by atoms with Gasteiger partial charge in [0.05, 0.1) is 10.8 Å². The van der Waals surface area contributed by atoms with Gasteiger partial charge in [-0.1, -0.05) is 18.2 Å². The van der Waals surface area contributed by atoms with Gasteiger partial charge >= 0.3 is 0 Å². The van der Waals surface area contributed by atoms with Crippen LogP contribution in [0.2, 0.25) is 0 Å². The number of sulfonamides is 1. The van der Waals surface area contributed by atoms with Crippen molar-refractivity contribution in [3.8, 4) is 0 Å². The first-order valence-electron chi connectivity index (χ1n) is 11.0. The van der Waals surface area contributed by atoms with Crippen molar-refractivity contribution in [2.45, 2.75) is 37.0 Å². The maximum absolute atomic E-state index is 13.1. The highest BCUT2D eigenvalue weighted by molar-refractivity contribution is 7.89. The van der Waals surface area contributed by atoms with E-state index in [1.54, 1.807) is 42.3 Å². The lowest BCUT2D eigenvalue weighted by atomic mass is 9.93. The van der Waals surface area contributed by atoms with Crippen molar-refractivity contribution in [1.29, 1.82) is 0 Å². The highest BCUT2D eigenvalue weighted by atomic mass is 32.2. The molecular formula is C22H33N3O5S. The van der Waals surface area contributed by atoms with Gasteiger partial charge in [-0.2, -0.15) is 4.31 Å². The Bertz CT molecular complexity index is 838. The quantitative estimate of drug-likeness (QED) is 0.604. The molecule has 2 aliphatic rings. The molecule has 0 aromatic heterocycles. The maximum atomic E-state index is 13.1. The van der Waals surface area contributed by atoms with Crippen LogP contribution in [0.3, 0.4) is 0 Å². The number of benzene rings is 1. The lowest BCUT2D eigenvalue weighted by molar-refractivity contribution is -0.140. The van der Waals surface area contributed by atoms with Crippen LogP contribution in [-0.2, 0) is 24.3 Å². The predicted molar refractivity (Wildman–Crippen MR) is 117 cm³/mol. The Labute approximate surface area is 185 Å². The molecule has 0 aliphatic carbocycles. The van der Waals surface area contributed by atoms with E-state index in [9.17, 15) is 18.0 Å². The molecule has 1 N–H and O–H groups in total. The summed E-state index contributed by atoms with van der Waals surface area (Å²) in [7, 11) is -1.96. The van der Waals surface area contributed by atoms with Crippen LogP contribution < -0.4 is 5.32 Å². The van der Waals surface area contributed by atoms with Crippen LogP contribution in [-0.4, -0.2) is 75.9 Å². The van der Waals surface area contributed by atoms with Gasteiger partial charge in [-0.15, -0.1) is 0 Å². The summed E-state index contributed by atoms with van der Waals surface area (Å²) in [6.45, 7) is 2.95. The third-order valence-corrected chi connectivity index (χ3v) is 8.00. The van der Waals surface area contributed by atoms with E-state index in [-0.39, 0.29) is 35.1 Å². The Morgan fingerprint density at radius 2 is 1.77 bits per heavy atom. The number of nitrogens with zero attached hydrogens (tertiary/aromatic N) is 2. The van der Waals surface area contributed by atoms with Crippen LogP contribution in [0, 0.1) is 11.8 Å². The highest BCUT2D eigenvalue weighted by Crippen LogP contribution is 2.27. The average molecular weight is 452 g/mol. The van der Waals surface area contributed by atoms with Crippen molar-refractivity contribution in [2.75, 3.05) is 46.4 Å². The smallest absolute Gasteiger partial charge is 0.243 e. The van der Waals surface area contributed by atoms with Crippen molar-refractivity contribution in [2.24, 2.45) is 11.8 Å². The van der Waals surface area contributed by atoms with Crippen molar-refractivity contribution in [3.63, 3.8) is 0 Å². The minimum Gasteiger partial charge on any atom is -0.385 e. The fourth-order valence-corrected chi connectivity index (χ4v) is 5.84. The standard InChI is InChI=1S/C22H33N3O5S/c1-30-16-6-12-23-21(26)18-10-14-24(15-11-18)22(27)19-7-5-13-25(17-19)31(28,29)20-8-3-2-4-9-20/h2-4,8-9,18-19H,5-7,10-17H2,1H3,(H,23,26). The largest absolute Gasteiger partial charge is 0.385 e. The SMILES string of the molecule is COCCCNC(=O)C1CCN(C(=O)C2CCCN(S(=O)(=O)c3ccccc3)C2)CC1. The molecule has 2 heterocycles.